The number of nitrogens with zero attached hydrogens (tertiary/aromatic N) is 3. The summed E-state index contributed by atoms with van der Waals surface area (Å²) in [6.45, 7) is 2.12. The van der Waals surface area contributed by atoms with Gasteiger partial charge in [-0.05, 0) is 29.8 Å². The van der Waals surface area contributed by atoms with Crippen molar-refractivity contribution in [2.75, 3.05) is 6.61 Å². The largest absolute Gasteiger partial charge is 0.461 e. The molecule has 3 rings (SSSR count). The zero-order chi connectivity index (χ0) is 13.2. The monoisotopic (exact) mass is 273 g/mol. The van der Waals surface area contributed by atoms with Crippen molar-refractivity contribution < 1.29 is 9.53 Å². The smallest absolute Gasteiger partial charge is 0.358 e. The summed E-state index contributed by atoms with van der Waals surface area (Å²) in [4.78, 5) is 20.4. The van der Waals surface area contributed by atoms with Crippen LogP contribution in [0, 0.1) is 0 Å². The number of imidazole rings is 1. The molecule has 3 heterocycles. The van der Waals surface area contributed by atoms with Gasteiger partial charge in [-0.2, -0.15) is 0 Å². The van der Waals surface area contributed by atoms with E-state index in [1.165, 1.54) is 11.3 Å². The average Bonchev–Trinajstić information content (AvgIpc) is 3.08. The van der Waals surface area contributed by atoms with Gasteiger partial charge in [0.1, 0.15) is 12.1 Å². The maximum atomic E-state index is 12.0. The lowest BCUT2D eigenvalue weighted by atomic mass is 10.2. The number of esters is 1. The van der Waals surface area contributed by atoms with Crippen molar-refractivity contribution in [3.05, 3.63) is 41.9 Å². The Balaban J connectivity index is 2.18. The summed E-state index contributed by atoms with van der Waals surface area (Å²) in [5, 5.41) is 2.92. The van der Waals surface area contributed by atoms with Crippen molar-refractivity contribution in [2.24, 2.45) is 0 Å². The second-order valence-corrected chi connectivity index (χ2v) is 4.77. The number of pyridine rings is 1. The van der Waals surface area contributed by atoms with Crippen LogP contribution in [-0.4, -0.2) is 27.1 Å². The van der Waals surface area contributed by atoms with Crippen LogP contribution in [0.1, 0.15) is 17.4 Å². The molecule has 0 unspecified atom stereocenters. The number of carbonyl (C=O) groups excluding carboxylic acids is 1. The highest BCUT2D eigenvalue weighted by atomic mass is 32.1. The molecule has 3 aromatic rings. The van der Waals surface area contributed by atoms with Gasteiger partial charge in [-0.3, -0.25) is 4.57 Å². The third-order valence-corrected chi connectivity index (χ3v) is 3.60. The third-order valence-electron chi connectivity index (χ3n) is 2.66. The number of aromatic nitrogens is 3. The fourth-order valence-corrected chi connectivity index (χ4v) is 2.68. The molecule has 19 heavy (non-hydrogen) atoms. The van der Waals surface area contributed by atoms with E-state index in [1.807, 2.05) is 17.5 Å². The van der Waals surface area contributed by atoms with Crippen LogP contribution in [0.15, 0.2) is 36.2 Å². The van der Waals surface area contributed by atoms with E-state index in [9.17, 15) is 4.79 Å². The first kappa shape index (κ1) is 11.9. The average molecular weight is 273 g/mol. The second kappa shape index (κ2) is 4.81. The predicted molar refractivity (Wildman–Crippen MR) is 72.7 cm³/mol. The lowest BCUT2D eigenvalue weighted by Gasteiger charge is -2.06. The van der Waals surface area contributed by atoms with Crippen molar-refractivity contribution in [3.8, 4) is 5.82 Å². The topological polar surface area (TPSA) is 57.0 Å². The molecule has 0 fully saturated rings. The highest BCUT2D eigenvalue weighted by Gasteiger charge is 2.16. The first-order chi connectivity index (χ1) is 9.29. The molecule has 0 saturated heterocycles. The Labute approximate surface area is 113 Å². The van der Waals surface area contributed by atoms with Crippen LogP contribution in [0.25, 0.3) is 15.9 Å². The molecule has 96 valence electrons. The molecule has 0 aliphatic heterocycles. The molecule has 0 aliphatic carbocycles. The van der Waals surface area contributed by atoms with E-state index in [0.717, 1.165) is 10.1 Å². The molecular weight excluding hydrogens is 262 g/mol. The highest BCUT2D eigenvalue weighted by Crippen LogP contribution is 2.26. The molecule has 0 saturated carbocycles. The van der Waals surface area contributed by atoms with Crippen molar-refractivity contribution in [1.29, 1.82) is 0 Å². The summed E-state index contributed by atoms with van der Waals surface area (Å²) in [5.41, 5.74) is 0.359. The van der Waals surface area contributed by atoms with Crippen molar-refractivity contribution in [2.45, 2.75) is 6.92 Å². The van der Waals surface area contributed by atoms with Gasteiger partial charge in [0.2, 0.25) is 0 Å². The molecule has 0 aliphatic rings. The lowest BCUT2D eigenvalue weighted by molar-refractivity contribution is 0.0522. The summed E-state index contributed by atoms with van der Waals surface area (Å²) in [5.74, 6) is 0.267. The summed E-state index contributed by atoms with van der Waals surface area (Å²) >= 11 is 1.49. The van der Waals surface area contributed by atoms with Gasteiger partial charge in [-0.1, -0.05) is 0 Å². The predicted octanol–water partition coefficient (Wildman–Crippen LogP) is 2.66. The second-order valence-electron chi connectivity index (χ2n) is 3.86. The Kier molecular flexibility index (Phi) is 3.00. The fourth-order valence-electron chi connectivity index (χ4n) is 1.83. The SMILES string of the molecule is CCOC(=O)c1nc(-n2ccnc2)cc2ccsc12. The molecule has 0 aromatic carbocycles. The summed E-state index contributed by atoms with van der Waals surface area (Å²) in [6, 6.07) is 3.89. The minimum absolute atomic E-state index is 0.336. The molecule has 0 atom stereocenters. The van der Waals surface area contributed by atoms with Crippen molar-refractivity contribution in [3.63, 3.8) is 0 Å². The number of hydrogen-bond donors (Lipinski definition) is 0. The molecule has 0 spiro atoms. The van der Waals surface area contributed by atoms with Gasteiger partial charge in [-0.15, -0.1) is 11.3 Å². The number of thiophene rings is 1. The van der Waals surface area contributed by atoms with Crippen LogP contribution in [0.4, 0.5) is 0 Å². The normalized spacial score (nSPS) is 10.8. The fraction of sp³-hybridized carbons (Fsp3) is 0.154. The molecule has 0 bridgehead atoms. The van der Waals surface area contributed by atoms with E-state index in [-0.39, 0.29) is 0 Å². The number of ether oxygens (including phenoxy) is 1. The Bertz CT molecular complexity index is 719. The summed E-state index contributed by atoms with van der Waals surface area (Å²) < 4.78 is 7.67. The van der Waals surface area contributed by atoms with E-state index < -0.39 is 5.97 Å². The minimum atomic E-state index is -0.392. The summed E-state index contributed by atoms with van der Waals surface area (Å²) in [7, 11) is 0. The molecule has 0 N–H and O–H groups in total. The van der Waals surface area contributed by atoms with Gasteiger partial charge in [-0.25, -0.2) is 14.8 Å². The zero-order valence-corrected chi connectivity index (χ0v) is 11.1. The molecule has 5 nitrogen and oxygen atoms in total. The van der Waals surface area contributed by atoms with Crippen LogP contribution in [0.2, 0.25) is 0 Å². The molecule has 3 aromatic heterocycles. The van der Waals surface area contributed by atoms with Crippen LogP contribution >= 0.6 is 11.3 Å². The van der Waals surface area contributed by atoms with E-state index in [1.54, 1.807) is 30.2 Å². The minimum Gasteiger partial charge on any atom is -0.461 e. The van der Waals surface area contributed by atoms with E-state index in [0.29, 0.717) is 18.1 Å². The molecule has 0 radical (unpaired) electrons. The lowest BCUT2D eigenvalue weighted by Crippen LogP contribution is -2.09. The van der Waals surface area contributed by atoms with Gasteiger partial charge >= 0.3 is 5.97 Å². The number of hydrogen-bond acceptors (Lipinski definition) is 5. The van der Waals surface area contributed by atoms with Crippen LogP contribution in [0.3, 0.4) is 0 Å². The van der Waals surface area contributed by atoms with Crippen LogP contribution in [0.5, 0.6) is 0 Å². The maximum absolute atomic E-state index is 12.0. The standard InChI is InChI=1S/C13H11N3O2S/c1-2-18-13(17)11-12-9(3-6-19-12)7-10(15-11)16-5-4-14-8-16/h3-8H,2H2,1H3. The molecule has 0 amide bonds. The van der Waals surface area contributed by atoms with Crippen LogP contribution < -0.4 is 0 Å². The molecular formula is C13H11N3O2S. The third kappa shape index (κ3) is 2.10. The van der Waals surface area contributed by atoms with E-state index in [2.05, 4.69) is 9.97 Å². The van der Waals surface area contributed by atoms with Crippen molar-refractivity contribution in [1.82, 2.24) is 14.5 Å². The Hall–Kier alpha value is -2.21. The maximum Gasteiger partial charge on any atom is 0.358 e. The number of rotatable bonds is 3. The van der Waals surface area contributed by atoms with Gasteiger partial charge in [0.05, 0.1) is 11.3 Å². The van der Waals surface area contributed by atoms with E-state index in [4.69, 9.17) is 4.74 Å². The summed E-state index contributed by atoms with van der Waals surface area (Å²) in [6.07, 6.45) is 5.11. The van der Waals surface area contributed by atoms with Gasteiger partial charge in [0, 0.05) is 12.4 Å². The Morgan fingerprint density at radius 3 is 3.16 bits per heavy atom. The number of fused-ring (bicyclic) bond motifs is 1. The highest BCUT2D eigenvalue weighted by molar-refractivity contribution is 7.17. The Morgan fingerprint density at radius 1 is 1.53 bits per heavy atom. The quantitative estimate of drug-likeness (QED) is 0.688. The van der Waals surface area contributed by atoms with Gasteiger partial charge < -0.3 is 4.74 Å². The number of carbonyl (C=O) groups is 1. The Morgan fingerprint density at radius 2 is 2.42 bits per heavy atom. The molecule has 6 heteroatoms. The van der Waals surface area contributed by atoms with Gasteiger partial charge in [0.25, 0.3) is 0 Å². The van der Waals surface area contributed by atoms with Gasteiger partial charge in [0.15, 0.2) is 5.69 Å². The van der Waals surface area contributed by atoms with Crippen molar-refractivity contribution >= 4 is 27.4 Å². The first-order valence-corrected chi connectivity index (χ1v) is 6.71. The zero-order valence-electron chi connectivity index (χ0n) is 10.2. The van der Waals surface area contributed by atoms with E-state index >= 15 is 0 Å². The first-order valence-electron chi connectivity index (χ1n) is 5.83. The van der Waals surface area contributed by atoms with Crippen LogP contribution in [-0.2, 0) is 4.74 Å².